The molecular formula is C14H27N3O. The van der Waals surface area contributed by atoms with E-state index in [1.807, 2.05) is 11.9 Å². The Morgan fingerprint density at radius 3 is 2.44 bits per heavy atom. The van der Waals surface area contributed by atoms with Gasteiger partial charge in [0.1, 0.15) is 0 Å². The quantitative estimate of drug-likeness (QED) is 0.809. The Bertz CT molecular complexity index is 293. The standard InChI is InChI=1S/C14H27N3O/c1-16(2)14(7-5-8-14)11-17(3)13(18)12-6-4-9-15-10-12/h12,15H,4-11H2,1-3H3. The van der Waals surface area contributed by atoms with Gasteiger partial charge in [0.05, 0.1) is 5.92 Å². The van der Waals surface area contributed by atoms with E-state index < -0.39 is 0 Å². The zero-order chi connectivity index (χ0) is 13.2. The second-order valence-electron chi connectivity index (χ2n) is 6.21. The number of hydrogen-bond donors (Lipinski definition) is 1. The van der Waals surface area contributed by atoms with Gasteiger partial charge in [-0.05, 0) is 52.7 Å². The molecule has 0 aromatic heterocycles. The van der Waals surface area contributed by atoms with E-state index in [9.17, 15) is 4.79 Å². The lowest BCUT2D eigenvalue weighted by Crippen LogP contribution is -2.58. The van der Waals surface area contributed by atoms with Crippen LogP contribution in [-0.4, -0.2) is 62.0 Å². The monoisotopic (exact) mass is 253 g/mol. The first-order valence-electron chi connectivity index (χ1n) is 7.18. The zero-order valence-electron chi connectivity index (χ0n) is 12.0. The highest BCUT2D eigenvalue weighted by molar-refractivity contribution is 5.79. The molecule has 2 aliphatic rings. The van der Waals surface area contributed by atoms with E-state index in [-0.39, 0.29) is 11.5 Å². The Kier molecular flexibility index (Phi) is 4.28. The molecule has 0 radical (unpaired) electrons. The Hall–Kier alpha value is -0.610. The van der Waals surface area contributed by atoms with E-state index in [0.29, 0.717) is 5.91 Å². The maximum Gasteiger partial charge on any atom is 0.226 e. The van der Waals surface area contributed by atoms with Gasteiger partial charge < -0.3 is 15.1 Å². The normalized spacial score (nSPS) is 26.8. The fraction of sp³-hybridized carbons (Fsp3) is 0.929. The Balaban J connectivity index is 1.90. The van der Waals surface area contributed by atoms with Gasteiger partial charge in [-0.2, -0.15) is 0 Å². The molecule has 0 aromatic carbocycles. The molecule has 1 aliphatic carbocycles. The molecule has 18 heavy (non-hydrogen) atoms. The van der Waals surface area contributed by atoms with Gasteiger partial charge in [0, 0.05) is 25.7 Å². The molecule has 1 saturated heterocycles. The third kappa shape index (κ3) is 2.69. The van der Waals surface area contributed by atoms with Crippen molar-refractivity contribution in [3.05, 3.63) is 0 Å². The highest BCUT2D eigenvalue weighted by Gasteiger charge is 2.41. The van der Waals surface area contributed by atoms with E-state index in [0.717, 1.165) is 32.5 Å². The van der Waals surface area contributed by atoms with Crippen molar-refractivity contribution in [3.8, 4) is 0 Å². The number of carbonyl (C=O) groups excluding carboxylic acids is 1. The molecule has 1 amide bonds. The summed E-state index contributed by atoms with van der Waals surface area (Å²) in [4.78, 5) is 16.7. The second kappa shape index (κ2) is 5.57. The molecule has 1 saturated carbocycles. The lowest BCUT2D eigenvalue weighted by Gasteiger charge is -2.49. The fourth-order valence-corrected chi connectivity index (χ4v) is 3.23. The van der Waals surface area contributed by atoms with Crippen LogP contribution in [-0.2, 0) is 4.79 Å². The average molecular weight is 253 g/mol. The smallest absolute Gasteiger partial charge is 0.226 e. The van der Waals surface area contributed by atoms with Crippen LogP contribution in [0, 0.1) is 5.92 Å². The van der Waals surface area contributed by atoms with Gasteiger partial charge in [-0.3, -0.25) is 4.79 Å². The average Bonchev–Trinajstić information content (AvgIpc) is 2.33. The van der Waals surface area contributed by atoms with Crippen LogP contribution in [0.3, 0.4) is 0 Å². The van der Waals surface area contributed by atoms with Crippen LogP contribution in [0.2, 0.25) is 0 Å². The minimum Gasteiger partial charge on any atom is -0.344 e. The third-order valence-corrected chi connectivity index (χ3v) is 4.79. The van der Waals surface area contributed by atoms with Gasteiger partial charge in [0.25, 0.3) is 0 Å². The fourth-order valence-electron chi connectivity index (χ4n) is 3.23. The Morgan fingerprint density at radius 2 is 2.00 bits per heavy atom. The second-order valence-corrected chi connectivity index (χ2v) is 6.21. The number of rotatable bonds is 4. The topological polar surface area (TPSA) is 35.6 Å². The van der Waals surface area contributed by atoms with Crippen LogP contribution in [0.4, 0.5) is 0 Å². The Morgan fingerprint density at radius 1 is 1.28 bits per heavy atom. The predicted molar refractivity (Wildman–Crippen MR) is 73.5 cm³/mol. The summed E-state index contributed by atoms with van der Waals surface area (Å²) in [7, 11) is 6.25. The number of likely N-dealkylation sites (N-methyl/N-ethyl adjacent to an activating group) is 2. The molecule has 1 aliphatic heterocycles. The first-order valence-corrected chi connectivity index (χ1v) is 7.18. The van der Waals surface area contributed by atoms with Crippen molar-refractivity contribution >= 4 is 5.91 Å². The summed E-state index contributed by atoms with van der Waals surface area (Å²) < 4.78 is 0. The molecule has 1 N–H and O–H groups in total. The largest absolute Gasteiger partial charge is 0.344 e. The summed E-state index contributed by atoms with van der Waals surface area (Å²) in [5, 5.41) is 3.33. The SMILES string of the molecule is CN(CC1(N(C)C)CCC1)C(=O)C1CCCNC1. The molecular weight excluding hydrogens is 226 g/mol. The number of nitrogens with one attached hydrogen (secondary N) is 1. The van der Waals surface area contributed by atoms with Crippen LogP contribution < -0.4 is 5.32 Å². The van der Waals surface area contributed by atoms with Crippen molar-refractivity contribution in [2.45, 2.75) is 37.6 Å². The van der Waals surface area contributed by atoms with E-state index in [1.54, 1.807) is 0 Å². The summed E-state index contributed by atoms with van der Waals surface area (Å²) >= 11 is 0. The minimum absolute atomic E-state index is 0.197. The van der Waals surface area contributed by atoms with Crippen LogP contribution in [0.5, 0.6) is 0 Å². The van der Waals surface area contributed by atoms with Crippen molar-refractivity contribution in [2.75, 3.05) is 40.8 Å². The lowest BCUT2D eigenvalue weighted by atomic mass is 9.75. The molecule has 0 bridgehead atoms. The van der Waals surface area contributed by atoms with E-state index in [2.05, 4.69) is 24.3 Å². The lowest BCUT2D eigenvalue weighted by molar-refractivity contribution is -0.137. The number of amides is 1. The highest BCUT2D eigenvalue weighted by atomic mass is 16.2. The van der Waals surface area contributed by atoms with Gasteiger partial charge in [-0.15, -0.1) is 0 Å². The molecule has 0 spiro atoms. The molecule has 2 rings (SSSR count). The summed E-state index contributed by atoms with van der Waals surface area (Å²) in [5.41, 5.74) is 0.243. The van der Waals surface area contributed by atoms with Gasteiger partial charge in [-0.1, -0.05) is 0 Å². The van der Waals surface area contributed by atoms with Gasteiger partial charge >= 0.3 is 0 Å². The molecule has 0 aromatic rings. The van der Waals surface area contributed by atoms with Gasteiger partial charge in [0.15, 0.2) is 0 Å². The summed E-state index contributed by atoms with van der Waals surface area (Å²) in [6.45, 7) is 2.81. The molecule has 104 valence electrons. The Labute approximate surface area is 111 Å². The number of piperidine rings is 1. The molecule has 1 unspecified atom stereocenters. The van der Waals surface area contributed by atoms with Crippen LogP contribution in [0.1, 0.15) is 32.1 Å². The molecule has 1 heterocycles. The minimum atomic E-state index is 0.197. The van der Waals surface area contributed by atoms with Crippen molar-refractivity contribution in [2.24, 2.45) is 5.92 Å². The number of nitrogens with zero attached hydrogens (tertiary/aromatic N) is 2. The van der Waals surface area contributed by atoms with Crippen molar-refractivity contribution in [1.29, 1.82) is 0 Å². The predicted octanol–water partition coefficient (Wildman–Crippen LogP) is 0.929. The van der Waals surface area contributed by atoms with Crippen LogP contribution in [0.25, 0.3) is 0 Å². The molecule has 2 fully saturated rings. The van der Waals surface area contributed by atoms with E-state index >= 15 is 0 Å². The third-order valence-electron chi connectivity index (χ3n) is 4.79. The molecule has 1 atom stereocenters. The van der Waals surface area contributed by atoms with Crippen molar-refractivity contribution < 1.29 is 4.79 Å². The summed E-state index contributed by atoms with van der Waals surface area (Å²) in [6, 6.07) is 0. The maximum atomic E-state index is 12.4. The van der Waals surface area contributed by atoms with Crippen molar-refractivity contribution in [3.63, 3.8) is 0 Å². The maximum absolute atomic E-state index is 12.4. The molecule has 4 heteroatoms. The van der Waals surface area contributed by atoms with E-state index in [4.69, 9.17) is 0 Å². The summed E-state index contributed by atoms with van der Waals surface area (Å²) in [6.07, 6.45) is 5.92. The summed E-state index contributed by atoms with van der Waals surface area (Å²) in [5.74, 6) is 0.526. The van der Waals surface area contributed by atoms with E-state index in [1.165, 1.54) is 19.3 Å². The number of hydrogen-bond acceptors (Lipinski definition) is 3. The van der Waals surface area contributed by atoms with Crippen LogP contribution >= 0.6 is 0 Å². The zero-order valence-corrected chi connectivity index (χ0v) is 12.0. The van der Waals surface area contributed by atoms with Gasteiger partial charge in [0.2, 0.25) is 5.91 Å². The van der Waals surface area contributed by atoms with Crippen LogP contribution in [0.15, 0.2) is 0 Å². The highest BCUT2D eigenvalue weighted by Crippen LogP contribution is 2.36. The first kappa shape index (κ1) is 13.8. The number of carbonyl (C=O) groups is 1. The first-order chi connectivity index (χ1) is 8.55. The van der Waals surface area contributed by atoms with Crippen molar-refractivity contribution in [1.82, 2.24) is 15.1 Å². The molecule has 4 nitrogen and oxygen atoms in total. The van der Waals surface area contributed by atoms with Gasteiger partial charge in [-0.25, -0.2) is 0 Å².